The van der Waals surface area contributed by atoms with E-state index in [4.69, 9.17) is 0 Å². The highest BCUT2D eigenvalue weighted by molar-refractivity contribution is 5.74. The number of rotatable bonds is 3. The highest BCUT2D eigenvalue weighted by Crippen LogP contribution is 2.32. The van der Waals surface area contributed by atoms with Crippen molar-refractivity contribution in [3.05, 3.63) is 30.3 Å². The van der Waals surface area contributed by atoms with Gasteiger partial charge in [-0.1, -0.05) is 23.3 Å². The van der Waals surface area contributed by atoms with Crippen LogP contribution < -0.4 is 4.90 Å². The van der Waals surface area contributed by atoms with Gasteiger partial charge in [-0.2, -0.15) is 4.68 Å². The van der Waals surface area contributed by atoms with Gasteiger partial charge in [0.2, 0.25) is 5.95 Å². The highest BCUT2D eigenvalue weighted by atomic mass is 16.4. The Balaban J connectivity index is 1.81. The number of nitrogens with zero attached hydrogens (tertiary/aromatic N) is 5. The summed E-state index contributed by atoms with van der Waals surface area (Å²) in [5.74, 6) is -0.0709. The number of aromatic nitrogens is 4. The summed E-state index contributed by atoms with van der Waals surface area (Å²) in [7, 11) is 0. The van der Waals surface area contributed by atoms with E-state index in [0.717, 1.165) is 5.69 Å². The molecule has 2 heterocycles. The van der Waals surface area contributed by atoms with Crippen molar-refractivity contribution in [1.82, 2.24) is 20.2 Å². The van der Waals surface area contributed by atoms with Crippen molar-refractivity contribution in [2.75, 3.05) is 18.0 Å². The Kier molecular flexibility index (Phi) is 3.32. The maximum absolute atomic E-state index is 11.3. The molecule has 0 unspecified atom stereocenters. The molecular weight excluding hydrogens is 270 g/mol. The molecular formula is C14H17N5O2. The van der Waals surface area contributed by atoms with Crippen LogP contribution in [0.4, 0.5) is 5.95 Å². The number of carbonyl (C=O) groups is 1. The second kappa shape index (κ2) is 5.16. The number of tetrazole rings is 1. The fourth-order valence-corrected chi connectivity index (χ4v) is 2.53. The third kappa shape index (κ3) is 2.46. The van der Waals surface area contributed by atoms with Gasteiger partial charge in [-0.3, -0.25) is 4.79 Å². The molecule has 0 aliphatic carbocycles. The third-order valence-electron chi connectivity index (χ3n) is 4.12. The van der Waals surface area contributed by atoms with Gasteiger partial charge in [-0.05, 0) is 42.3 Å². The topological polar surface area (TPSA) is 84.1 Å². The maximum Gasteiger partial charge on any atom is 0.309 e. The molecule has 2 aromatic rings. The van der Waals surface area contributed by atoms with Crippen LogP contribution in [-0.4, -0.2) is 44.4 Å². The zero-order chi connectivity index (χ0) is 14.9. The van der Waals surface area contributed by atoms with Gasteiger partial charge in [0.1, 0.15) is 0 Å². The monoisotopic (exact) mass is 287 g/mol. The molecule has 1 aromatic carbocycles. The Morgan fingerprint density at radius 2 is 1.90 bits per heavy atom. The summed E-state index contributed by atoms with van der Waals surface area (Å²) < 4.78 is 1.68. The number of piperidine rings is 1. The second-order valence-corrected chi connectivity index (χ2v) is 5.58. The second-order valence-electron chi connectivity index (χ2n) is 5.58. The normalized spacial score (nSPS) is 17.7. The SMILES string of the molecule is CC1(C(=O)O)CCN(c2nnnn2-c2ccccc2)CC1. The first-order valence-corrected chi connectivity index (χ1v) is 6.92. The van der Waals surface area contributed by atoms with Crippen molar-refractivity contribution in [3.8, 4) is 5.69 Å². The Bertz CT molecular complexity index is 632. The van der Waals surface area contributed by atoms with Gasteiger partial charge in [-0.15, -0.1) is 0 Å². The Labute approximate surface area is 122 Å². The molecule has 1 N–H and O–H groups in total. The number of aliphatic carboxylic acids is 1. The van der Waals surface area contributed by atoms with Crippen LogP contribution in [0.2, 0.25) is 0 Å². The molecule has 21 heavy (non-hydrogen) atoms. The molecule has 1 aromatic heterocycles. The van der Waals surface area contributed by atoms with Crippen LogP contribution >= 0.6 is 0 Å². The standard InChI is InChI=1S/C14H17N5O2/c1-14(12(20)21)7-9-18(10-8-14)13-15-16-17-19(13)11-5-3-2-4-6-11/h2-6H,7-10H2,1H3,(H,20,21). The van der Waals surface area contributed by atoms with Crippen LogP contribution in [0.5, 0.6) is 0 Å². The van der Waals surface area contributed by atoms with E-state index in [1.807, 2.05) is 35.2 Å². The van der Waals surface area contributed by atoms with Crippen LogP contribution in [0.1, 0.15) is 19.8 Å². The van der Waals surface area contributed by atoms with Crippen molar-refractivity contribution in [2.45, 2.75) is 19.8 Å². The molecule has 0 bridgehead atoms. The van der Waals surface area contributed by atoms with Gasteiger partial charge in [-0.25, -0.2) is 0 Å². The van der Waals surface area contributed by atoms with Gasteiger partial charge in [0.25, 0.3) is 0 Å². The molecule has 0 atom stereocenters. The van der Waals surface area contributed by atoms with Crippen molar-refractivity contribution < 1.29 is 9.90 Å². The Hall–Kier alpha value is -2.44. The summed E-state index contributed by atoms with van der Waals surface area (Å²) >= 11 is 0. The van der Waals surface area contributed by atoms with Crippen molar-refractivity contribution in [3.63, 3.8) is 0 Å². The first kappa shape index (κ1) is 13.5. The fourth-order valence-electron chi connectivity index (χ4n) is 2.53. The minimum absolute atomic E-state index is 0.587. The summed E-state index contributed by atoms with van der Waals surface area (Å²) in [4.78, 5) is 13.3. The average molecular weight is 287 g/mol. The number of carboxylic acid groups (broad SMARTS) is 1. The minimum Gasteiger partial charge on any atom is -0.481 e. The van der Waals surface area contributed by atoms with Crippen LogP contribution in [0.3, 0.4) is 0 Å². The van der Waals surface area contributed by atoms with Gasteiger partial charge < -0.3 is 10.0 Å². The average Bonchev–Trinajstić information content (AvgIpc) is 2.98. The molecule has 0 spiro atoms. The lowest BCUT2D eigenvalue weighted by Crippen LogP contribution is -2.43. The number of hydrogen-bond donors (Lipinski definition) is 1. The molecule has 1 aliphatic rings. The van der Waals surface area contributed by atoms with Gasteiger partial charge in [0, 0.05) is 13.1 Å². The molecule has 7 heteroatoms. The zero-order valence-corrected chi connectivity index (χ0v) is 11.8. The Morgan fingerprint density at radius 1 is 1.24 bits per heavy atom. The van der Waals surface area contributed by atoms with Crippen LogP contribution in [0, 0.1) is 5.41 Å². The van der Waals surface area contributed by atoms with E-state index in [2.05, 4.69) is 15.5 Å². The van der Waals surface area contributed by atoms with E-state index in [1.54, 1.807) is 11.6 Å². The van der Waals surface area contributed by atoms with E-state index < -0.39 is 11.4 Å². The first-order valence-electron chi connectivity index (χ1n) is 6.92. The van der Waals surface area contributed by atoms with E-state index in [-0.39, 0.29) is 0 Å². The number of para-hydroxylation sites is 1. The van der Waals surface area contributed by atoms with Crippen LogP contribution in [0.15, 0.2) is 30.3 Å². The lowest BCUT2D eigenvalue weighted by molar-refractivity contribution is -0.149. The van der Waals surface area contributed by atoms with E-state index in [9.17, 15) is 9.90 Å². The summed E-state index contributed by atoms with van der Waals surface area (Å²) in [6.07, 6.45) is 1.17. The molecule has 110 valence electrons. The largest absolute Gasteiger partial charge is 0.481 e. The predicted molar refractivity (Wildman–Crippen MR) is 76.3 cm³/mol. The number of benzene rings is 1. The molecule has 7 nitrogen and oxygen atoms in total. The molecule has 1 fully saturated rings. The van der Waals surface area contributed by atoms with Crippen LogP contribution in [0.25, 0.3) is 5.69 Å². The molecule has 0 radical (unpaired) electrons. The molecule has 0 saturated carbocycles. The number of hydrogen-bond acceptors (Lipinski definition) is 5. The summed E-state index contributed by atoms with van der Waals surface area (Å²) in [5, 5.41) is 21.2. The maximum atomic E-state index is 11.3. The first-order chi connectivity index (χ1) is 10.1. The molecule has 1 saturated heterocycles. The van der Waals surface area contributed by atoms with Crippen molar-refractivity contribution >= 4 is 11.9 Å². The smallest absolute Gasteiger partial charge is 0.309 e. The van der Waals surface area contributed by atoms with Crippen molar-refractivity contribution in [1.29, 1.82) is 0 Å². The van der Waals surface area contributed by atoms with Gasteiger partial charge >= 0.3 is 5.97 Å². The van der Waals surface area contributed by atoms with Crippen molar-refractivity contribution in [2.24, 2.45) is 5.41 Å². The predicted octanol–water partition coefficient (Wildman–Crippen LogP) is 1.35. The minimum atomic E-state index is -0.732. The summed E-state index contributed by atoms with van der Waals surface area (Å²) in [6, 6.07) is 9.67. The zero-order valence-electron chi connectivity index (χ0n) is 11.8. The number of carboxylic acids is 1. The van der Waals surface area contributed by atoms with E-state index in [1.165, 1.54) is 0 Å². The summed E-state index contributed by atoms with van der Waals surface area (Å²) in [5.41, 5.74) is 0.241. The van der Waals surface area contributed by atoms with E-state index in [0.29, 0.717) is 31.9 Å². The molecule has 3 rings (SSSR count). The van der Waals surface area contributed by atoms with Gasteiger partial charge in [0.15, 0.2) is 0 Å². The summed E-state index contributed by atoms with van der Waals surface area (Å²) in [6.45, 7) is 3.07. The highest BCUT2D eigenvalue weighted by Gasteiger charge is 2.38. The lowest BCUT2D eigenvalue weighted by atomic mass is 9.80. The quantitative estimate of drug-likeness (QED) is 0.917. The van der Waals surface area contributed by atoms with Crippen LogP contribution in [-0.2, 0) is 4.79 Å². The lowest BCUT2D eigenvalue weighted by Gasteiger charge is -2.36. The third-order valence-corrected chi connectivity index (χ3v) is 4.12. The van der Waals surface area contributed by atoms with E-state index >= 15 is 0 Å². The van der Waals surface area contributed by atoms with Gasteiger partial charge in [0.05, 0.1) is 11.1 Å². The Morgan fingerprint density at radius 3 is 2.52 bits per heavy atom. The number of anilines is 1. The molecule has 0 amide bonds. The molecule has 1 aliphatic heterocycles. The fraction of sp³-hybridized carbons (Fsp3) is 0.429.